The third kappa shape index (κ3) is 4.92. The minimum absolute atomic E-state index is 0.0390. The summed E-state index contributed by atoms with van der Waals surface area (Å²) in [6.45, 7) is 8.57. The SMILES string of the molecule is C=C(C)C(=O)OCC(CC)(CC)O[PH](=O)O. The van der Waals surface area contributed by atoms with Crippen LogP contribution in [-0.2, 0) is 18.6 Å². The fourth-order valence-electron chi connectivity index (χ4n) is 1.13. The molecule has 0 aromatic carbocycles. The average Bonchev–Trinajstić information content (AvgIpc) is 2.23. The Balaban J connectivity index is 4.49. The van der Waals surface area contributed by atoms with Crippen molar-refractivity contribution in [3.05, 3.63) is 12.2 Å². The maximum absolute atomic E-state index is 11.2. The quantitative estimate of drug-likeness (QED) is 0.425. The first-order chi connectivity index (χ1) is 7.37. The Labute approximate surface area is 96.4 Å². The maximum atomic E-state index is 11.2. The molecule has 0 saturated carbocycles. The highest BCUT2D eigenvalue weighted by molar-refractivity contribution is 7.32. The zero-order valence-electron chi connectivity index (χ0n) is 9.91. The lowest BCUT2D eigenvalue weighted by Gasteiger charge is -2.29. The van der Waals surface area contributed by atoms with Gasteiger partial charge in [0.15, 0.2) is 0 Å². The van der Waals surface area contributed by atoms with Crippen LogP contribution >= 0.6 is 8.25 Å². The van der Waals surface area contributed by atoms with Gasteiger partial charge in [0.2, 0.25) is 0 Å². The minimum Gasteiger partial charge on any atom is -0.459 e. The molecule has 6 heteroatoms. The monoisotopic (exact) mass is 250 g/mol. The fourth-order valence-corrected chi connectivity index (χ4v) is 1.85. The standard InChI is InChI=1S/C10H19O5P/c1-5-10(6-2,15-16(12)13)7-14-9(11)8(3)4/h16H,3,5-7H2,1-2,4H3,(H,12,13). The molecule has 0 saturated heterocycles. The lowest BCUT2D eigenvalue weighted by atomic mass is 9.99. The van der Waals surface area contributed by atoms with E-state index in [1.807, 2.05) is 13.8 Å². The molecule has 5 nitrogen and oxygen atoms in total. The van der Waals surface area contributed by atoms with E-state index in [1.165, 1.54) is 6.92 Å². The first-order valence-electron chi connectivity index (χ1n) is 5.11. The van der Waals surface area contributed by atoms with Gasteiger partial charge in [-0.3, -0.25) is 4.57 Å². The molecule has 94 valence electrons. The van der Waals surface area contributed by atoms with Crippen molar-refractivity contribution >= 4 is 14.2 Å². The first-order valence-corrected chi connectivity index (χ1v) is 6.38. The summed E-state index contributed by atoms with van der Waals surface area (Å²) in [5.41, 5.74) is -0.589. The van der Waals surface area contributed by atoms with Crippen molar-refractivity contribution in [3.8, 4) is 0 Å². The highest BCUT2D eigenvalue weighted by Gasteiger charge is 2.31. The number of carbonyl (C=O) groups is 1. The molecule has 16 heavy (non-hydrogen) atoms. The summed E-state index contributed by atoms with van der Waals surface area (Å²) in [5, 5.41) is 0. The lowest BCUT2D eigenvalue weighted by Crippen LogP contribution is -2.35. The van der Waals surface area contributed by atoms with E-state index in [0.717, 1.165) is 0 Å². The molecule has 0 aliphatic heterocycles. The first kappa shape index (κ1) is 15.4. The summed E-state index contributed by atoms with van der Waals surface area (Å²) in [6.07, 6.45) is 0.980. The van der Waals surface area contributed by atoms with E-state index in [2.05, 4.69) is 6.58 Å². The van der Waals surface area contributed by atoms with Gasteiger partial charge in [0.05, 0.1) is 0 Å². The van der Waals surface area contributed by atoms with Crippen LogP contribution in [-0.4, -0.2) is 23.1 Å². The normalized spacial score (nSPS) is 13.2. The Bertz CT molecular complexity index is 283. The van der Waals surface area contributed by atoms with Crippen LogP contribution in [0.25, 0.3) is 0 Å². The van der Waals surface area contributed by atoms with Crippen LogP contribution in [0.3, 0.4) is 0 Å². The summed E-state index contributed by atoms with van der Waals surface area (Å²) in [7, 11) is -3.05. The number of esters is 1. The second kappa shape index (κ2) is 6.84. The summed E-state index contributed by atoms with van der Waals surface area (Å²) in [4.78, 5) is 20.0. The number of rotatable bonds is 7. The summed E-state index contributed by atoms with van der Waals surface area (Å²) < 4.78 is 20.6. The Morgan fingerprint density at radius 1 is 1.44 bits per heavy atom. The minimum atomic E-state index is -3.05. The van der Waals surface area contributed by atoms with Crippen LogP contribution in [0.4, 0.5) is 0 Å². The van der Waals surface area contributed by atoms with Crippen molar-refractivity contribution in [2.75, 3.05) is 6.61 Å². The zero-order valence-corrected chi connectivity index (χ0v) is 10.9. The molecule has 0 amide bonds. The number of ether oxygens (including phenoxy) is 1. The lowest BCUT2D eigenvalue weighted by molar-refractivity contribution is -0.145. The number of hydrogen-bond donors (Lipinski definition) is 1. The van der Waals surface area contributed by atoms with Crippen molar-refractivity contribution in [1.29, 1.82) is 0 Å². The molecule has 1 N–H and O–H groups in total. The van der Waals surface area contributed by atoms with Gasteiger partial charge in [-0.15, -0.1) is 0 Å². The molecule has 0 aromatic heterocycles. The molecular weight excluding hydrogens is 231 g/mol. The van der Waals surface area contributed by atoms with Crippen LogP contribution < -0.4 is 0 Å². The van der Waals surface area contributed by atoms with E-state index in [4.69, 9.17) is 14.2 Å². The second-order valence-corrected chi connectivity index (χ2v) is 4.35. The van der Waals surface area contributed by atoms with Crippen LogP contribution in [0.15, 0.2) is 12.2 Å². The topological polar surface area (TPSA) is 72.8 Å². The van der Waals surface area contributed by atoms with Crippen molar-refractivity contribution in [3.63, 3.8) is 0 Å². The second-order valence-electron chi connectivity index (χ2n) is 3.61. The van der Waals surface area contributed by atoms with Crippen LogP contribution in [0.2, 0.25) is 0 Å². The van der Waals surface area contributed by atoms with Gasteiger partial charge in [-0.2, -0.15) is 0 Å². The predicted molar refractivity (Wildman–Crippen MR) is 61.4 cm³/mol. The maximum Gasteiger partial charge on any atom is 0.333 e. The van der Waals surface area contributed by atoms with Gasteiger partial charge in [0.1, 0.15) is 12.2 Å². The van der Waals surface area contributed by atoms with Gasteiger partial charge in [-0.05, 0) is 19.8 Å². The van der Waals surface area contributed by atoms with Crippen LogP contribution in [0, 0.1) is 0 Å². The molecular formula is C10H19O5P. The number of hydrogen-bond acceptors (Lipinski definition) is 4. The van der Waals surface area contributed by atoms with Crippen molar-refractivity contribution in [2.24, 2.45) is 0 Å². The zero-order chi connectivity index (χ0) is 12.8. The molecule has 0 rings (SSSR count). The van der Waals surface area contributed by atoms with Crippen LogP contribution in [0.1, 0.15) is 33.6 Å². The molecule has 0 bridgehead atoms. The van der Waals surface area contributed by atoms with Gasteiger partial charge >= 0.3 is 14.2 Å². The van der Waals surface area contributed by atoms with Gasteiger partial charge in [-0.25, -0.2) is 4.79 Å². The van der Waals surface area contributed by atoms with E-state index >= 15 is 0 Å². The smallest absolute Gasteiger partial charge is 0.333 e. The molecule has 0 fully saturated rings. The van der Waals surface area contributed by atoms with Gasteiger partial charge < -0.3 is 14.2 Å². The molecule has 0 spiro atoms. The molecule has 0 aromatic rings. The summed E-state index contributed by atoms with van der Waals surface area (Å²) >= 11 is 0. The largest absolute Gasteiger partial charge is 0.459 e. The van der Waals surface area contributed by atoms with E-state index in [1.54, 1.807) is 0 Å². The molecule has 0 radical (unpaired) electrons. The third-order valence-electron chi connectivity index (χ3n) is 2.41. The Morgan fingerprint density at radius 2 is 1.94 bits per heavy atom. The van der Waals surface area contributed by atoms with Crippen molar-refractivity contribution in [1.82, 2.24) is 0 Å². The third-order valence-corrected chi connectivity index (χ3v) is 3.01. The Hall–Kier alpha value is -0.640. The van der Waals surface area contributed by atoms with Gasteiger partial charge in [0.25, 0.3) is 0 Å². The molecule has 0 aliphatic carbocycles. The summed E-state index contributed by atoms with van der Waals surface area (Å²) in [6, 6.07) is 0. The molecule has 0 aliphatic rings. The number of carbonyl (C=O) groups excluding carboxylic acids is 1. The highest BCUT2D eigenvalue weighted by atomic mass is 31.1. The molecule has 1 unspecified atom stereocenters. The van der Waals surface area contributed by atoms with E-state index in [0.29, 0.717) is 12.8 Å². The van der Waals surface area contributed by atoms with Crippen molar-refractivity contribution in [2.45, 2.75) is 39.2 Å². The average molecular weight is 250 g/mol. The Kier molecular flexibility index (Phi) is 6.56. The highest BCUT2D eigenvalue weighted by Crippen LogP contribution is 2.32. The van der Waals surface area contributed by atoms with Gasteiger partial charge in [-0.1, -0.05) is 20.4 Å². The fraction of sp³-hybridized carbons (Fsp3) is 0.700. The van der Waals surface area contributed by atoms with E-state index < -0.39 is 19.8 Å². The summed E-state index contributed by atoms with van der Waals surface area (Å²) in [5.74, 6) is -0.521. The van der Waals surface area contributed by atoms with Crippen molar-refractivity contribution < 1.29 is 23.5 Å². The van der Waals surface area contributed by atoms with Gasteiger partial charge in [0, 0.05) is 5.57 Å². The Morgan fingerprint density at radius 3 is 2.25 bits per heavy atom. The van der Waals surface area contributed by atoms with Crippen LogP contribution in [0.5, 0.6) is 0 Å². The molecule has 0 heterocycles. The van der Waals surface area contributed by atoms with E-state index in [-0.39, 0.29) is 12.2 Å². The molecule has 1 atom stereocenters. The van der Waals surface area contributed by atoms with E-state index in [9.17, 15) is 9.36 Å². The predicted octanol–water partition coefficient (Wildman–Crippen LogP) is 2.06.